The Morgan fingerprint density at radius 2 is 1.91 bits per heavy atom. The van der Waals surface area contributed by atoms with Gasteiger partial charge in [-0.2, -0.15) is 4.68 Å². The Balaban J connectivity index is 2.00. The van der Waals surface area contributed by atoms with Crippen LogP contribution in [0.2, 0.25) is 0 Å². The number of aromatic nitrogens is 4. The molecule has 6 nitrogen and oxygen atoms in total. The lowest BCUT2D eigenvalue weighted by Gasteiger charge is -2.12. The SMILES string of the molecule is COc1ccc([C@@H](O)c2nc(C)nn2-c2ccccn2)cc1. The summed E-state index contributed by atoms with van der Waals surface area (Å²) in [7, 11) is 1.60. The van der Waals surface area contributed by atoms with Gasteiger partial charge >= 0.3 is 0 Å². The predicted octanol–water partition coefficient (Wildman–Crippen LogP) is 2.06. The summed E-state index contributed by atoms with van der Waals surface area (Å²) in [6, 6.07) is 12.7. The Morgan fingerprint density at radius 1 is 1.14 bits per heavy atom. The monoisotopic (exact) mass is 296 g/mol. The Labute approximate surface area is 128 Å². The topological polar surface area (TPSA) is 73.1 Å². The number of aliphatic hydroxyl groups is 1. The smallest absolute Gasteiger partial charge is 0.167 e. The van der Waals surface area contributed by atoms with Crippen LogP contribution < -0.4 is 4.74 Å². The maximum absolute atomic E-state index is 10.6. The summed E-state index contributed by atoms with van der Waals surface area (Å²) >= 11 is 0. The number of methoxy groups -OCH3 is 1. The first-order chi connectivity index (χ1) is 10.7. The highest BCUT2D eigenvalue weighted by Crippen LogP contribution is 2.24. The number of nitrogens with zero attached hydrogens (tertiary/aromatic N) is 4. The van der Waals surface area contributed by atoms with Gasteiger partial charge in [0.1, 0.15) is 17.7 Å². The average molecular weight is 296 g/mol. The molecule has 0 saturated heterocycles. The van der Waals surface area contributed by atoms with Gasteiger partial charge in [0.25, 0.3) is 0 Å². The van der Waals surface area contributed by atoms with Crippen LogP contribution in [0.25, 0.3) is 5.82 Å². The van der Waals surface area contributed by atoms with Gasteiger partial charge in [0.05, 0.1) is 7.11 Å². The number of hydrogen-bond acceptors (Lipinski definition) is 5. The van der Waals surface area contributed by atoms with Gasteiger partial charge in [0, 0.05) is 6.20 Å². The Morgan fingerprint density at radius 3 is 2.55 bits per heavy atom. The quantitative estimate of drug-likeness (QED) is 0.798. The van der Waals surface area contributed by atoms with Crippen LogP contribution in [-0.4, -0.2) is 32.0 Å². The summed E-state index contributed by atoms with van der Waals surface area (Å²) in [6.07, 6.45) is 0.782. The van der Waals surface area contributed by atoms with E-state index in [2.05, 4.69) is 15.1 Å². The van der Waals surface area contributed by atoms with Crippen molar-refractivity contribution in [1.29, 1.82) is 0 Å². The van der Waals surface area contributed by atoms with Crippen LogP contribution in [0.4, 0.5) is 0 Å². The van der Waals surface area contributed by atoms with E-state index in [-0.39, 0.29) is 0 Å². The van der Waals surface area contributed by atoms with E-state index in [0.29, 0.717) is 23.0 Å². The van der Waals surface area contributed by atoms with E-state index in [1.807, 2.05) is 18.2 Å². The molecule has 0 saturated carbocycles. The molecule has 1 atom stereocenters. The van der Waals surface area contributed by atoms with Crippen molar-refractivity contribution < 1.29 is 9.84 Å². The Hall–Kier alpha value is -2.73. The largest absolute Gasteiger partial charge is 0.497 e. The maximum atomic E-state index is 10.6. The fourth-order valence-electron chi connectivity index (χ4n) is 2.19. The first-order valence-electron chi connectivity index (χ1n) is 6.86. The standard InChI is InChI=1S/C16H16N4O2/c1-11-18-16(20(19-11)14-5-3-4-10-17-14)15(21)12-6-8-13(22-2)9-7-12/h3-10,15,21H,1-2H3/t15-/m1/s1. The zero-order valence-corrected chi connectivity index (χ0v) is 12.3. The molecule has 0 bridgehead atoms. The third kappa shape index (κ3) is 2.68. The van der Waals surface area contributed by atoms with Crippen molar-refractivity contribution >= 4 is 0 Å². The van der Waals surface area contributed by atoms with Gasteiger partial charge in [-0.05, 0) is 36.8 Å². The summed E-state index contributed by atoms with van der Waals surface area (Å²) in [4.78, 5) is 8.59. The zero-order chi connectivity index (χ0) is 15.5. The first kappa shape index (κ1) is 14.2. The molecule has 0 fully saturated rings. The van der Waals surface area contributed by atoms with Gasteiger partial charge < -0.3 is 9.84 Å². The van der Waals surface area contributed by atoms with Gasteiger partial charge in [-0.3, -0.25) is 0 Å². The lowest BCUT2D eigenvalue weighted by molar-refractivity contribution is 0.206. The highest BCUT2D eigenvalue weighted by atomic mass is 16.5. The molecule has 0 aliphatic carbocycles. The van der Waals surface area contributed by atoms with E-state index >= 15 is 0 Å². The lowest BCUT2D eigenvalue weighted by Crippen LogP contribution is -2.10. The minimum Gasteiger partial charge on any atom is -0.497 e. The van der Waals surface area contributed by atoms with Crippen molar-refractivity contribution in [2.24, 2.45) is 0 Å². The van der Waals surface area contributed by atoms with E-state index < -0.39 is 6.10 Å². The minimum atomic E-state index is -0.894. The molecule has 0 aliphatic heterocycles. The second kappa shape index (κ2) is 5.95. The van der Waals surface area contributed by atoms with Crippen LogP contribution in [0.1, 0.15) is 23.3 Å². The molecule has 0 amide bonds. The number of hydrogen-bond donors (Lipinski definition) is 1. The predicted molar refractivity (Wildman–Crippen MR) is 80.9 cm³/mol. The summed E-state index contributed by atoms with van der Waals surface area (Å²) in [5, 5.41) is 14.9. The molecule has 3 rings (SSSR count). The highest BCUT2D eigenvalue weighted by molar-refractivity contribution is 5.32. The third-order valence-corrected chi connectivity index (χ3v) is 3.28. The Bertz CT molecular complexity index is 754. The van der Waals surface area contributed by atoms with Crippen molar-refractivity contribution in [3.8, 4) is 11.6 Å². The van der Waals surface area contributed by atoms with E-state index in [4.69, 9.17) is 4.74 Å². The molecule has 2 heterocycles. The molecule has 0 aliphatic rings. The fourth-order valence-corrected chi connectivity index (χ4v) is 2.19. The first-order valence-corrected chi connectivity index (χ1v) is 6.86. The summed E-state index contributed by atoms with van der Waals surface area (Å²) in [6.45, 7) is 1.78. The van der Waals surface area contributed by atoms with Crippen molar-refractivity contribution in [2.45, 2.75) is 13.0 Å². The molecule has 22 heavy (non-hydrogen) atoms. The van der Waals surface area contributed by atoms with Crippen LogP contribution in [0.15, 0.2) is 48.7 Å². The van der Waals surface area contributed by atoms with Crippen LogP contribution in [0, 0.1) is 6.92 Å². The van der Waals surface area contributed by atoms with Crippen LogP contribution in [0.5, 0.6) is 5.75 Å². The van der Waals surface area contributed by atoms with E-state index in [0.717, 1.165) is 5.75 Å². The molecule has 0 unspecified atom stereocenters. The molecule has 1 aromatic carbocycles. The third-order valence-electron chi connectivity index (χ3n) is 3.28. The molecular weight excluding hydrogens is 280 g/mol. The molecular formula is C16H16N4O2. The van der Waals surface area contributed by atoms with Crippen LogP contribution in [-0.2, 0) is 0 Å². The van der Waals surface area contributed by atoms with Gasteiger partial charge in [0.2, 0.25) is 0 Å². The van der Waals surface area contributed by atoms with Gasteiger partial charge in [0.15, 0.2) is 11.6 Å². The molecule has 2 aromatic heterocycles. The number of rotatable bonds is 4. The van der Waals surface area contributed by atoms with Crippen molar-refractivity contribution in [3.05, 3.63) is 65.9 Å². The lowest BCUT2D eigenvalue weighted by atomic mass is 10.1. The second-order valence-electron chi connectivity index (χ2n) is 4.79. The molecule has 0 radical (unpaired) electrons. The second-order valence-corrected chi connectivity index (χ2v) is 4.79. The van der Waals surface area contributed by atoms with Crippen molar-refractivity contribution in [3.63, 3.8) is 0 Å². The van der Waals surface area contributed by atoms with Crippen molar-refractivity contribution in [2.75, 3.05) is 7.11 Å². The van der Waals surface area contributed by atoms with Gasteiger partial charge in [-0.1, -0.05) is 18.2 Å². The fraction of sp³-hybridized carbons (Fsp3) is 0.188. The normalized spacial score (nSPS) is 12.1. The summed E-state index contributed by atoms with van der Waals surface area (Å²) < 4.78 is 6.69. The van der Waals surface area contributed by atoms with E-state index in [9.17, 15) is 5.11 Å². The number of ether oxygens (including phenoxy) is 1. The zero-order valence-electron chi connectivity index (χ0n) is 12.3. The molecule has 3 aromatic rings. The van der Waals surface area contributed by atoms with Crippen LogP contribution in [0.3, 0.4) is 0 Å². The maximum Gasteiger partial charge on any atom is 0.167 e. The number of benzene rings is 1. The molecule has 0 spiro atoms. The van der Waals surface area contributed by atoms with Gasteiger partial charge in [-0.15, -0.1) is 5.10 Å². The van der Waals surface area contributed by atoms with Crippen molar-refractivity contribution in [1.82, 2.24) is 19.7 Å². The number of aryl methyl sites for hydroxylation is 1. The molecule has 6 heteroatoms. The van der Waals surface area contributed by atoms with Gasteiger partial charge in [-0.25, -0.2) is 9.97 Å². The molecule has 1 N–H and O–H groups in total. The van der Waals surface area contributed by atoms with E-state index in [1.54, 1.807) is 49.2 Å². The average Bonchev–Trinajstić information content (AvgIpc) is 2.97. The van der Waals surface area contributed by atoms with Crippen LogP contribution >= 0.6 is 0 Å². The number of pyridine rings is 1. The summed E-state index contributed by atoms with van der Waals surface area (Å²) in [5.41, 5.74) is 0.713. The highest BCUT2D eigenvalue weighted by Gasteiger charge is 2.20. The minimum absolute atomic E-state index is 0.432. The summed E-state index contributed by atoms with van der Waals surface area (Å²) in [5.74, 6) is 2.36. The van der Waals surface area contributed by atoms with E-state index in [1.165, 1.54) is 0 Å². The molecule has 112 valence electrons. The Kier molecular flexibility index (Phi) is 3.84. The number of aliphatic hydroxyl groups excluding tert-OH is 1.